The molecule has 0 fully saturated rings. The molecular weight excluding hydrogens is 299 g/mol. The van der Waals surface area contributed by atoms with Crippen molar-refractivity contribution in [3.63, 3.8) is 0 Å². The van der Waals surface area contributed by atoms with Crippen molar-refractivity contribution in [1.82, 2.24) is 14.9 Å². The van der Waals surface area contributed by atoms with Gasteiger partial charge in [0.2, 0.25) is 0 Å². The number of imidazole rings is 1. The molecule has 0 bridgehead atoms. The largest absolute Gasteiger partial charge is 0.481 e. The Morgan fingerprint density at radius 1 is 1.48 bits per heavy atom. The molecule has 9 heteroatoms. The molecule has 0 aliphatic heterocycles. The number of carbonyl (C=O) groups excluding carboxylic acids is 1. The fourth-order valence-electron chi connectivity index (χ4n) is 1.82. The molecular formula is C12H13FN4O3S. The zero-order chi connectivity index (χ0) is 15.4. The van der Waals surface area contributed by atoms with Gasteiger partial charge in [-0.2, -0.15) is 0 Å². The van der Waals surface area contributed by atoms with Gasteiger partial charge in [-0.3, -0.25) is 4.79 Å². The second kappa shape index (κ2) is 6.44. The van der Waals surface area contributed by atoms with E-state index in [1.165, 1.54) is 12.1 Å². The summed E-state index contributed by atoms with van der Waals surface area (Å²) in [4.78, 5) is 25.6. The normalized spacial score (nSPS) is 10.7. The maximum absolute atomic E-state index is 13.2. The van der Waals surface area contributed by atoms with Gasteiger partial charge >= 0.3 is 12.0 Å². The Bertz CT molecular complexity index is 688. The van der Waals surface area contributed by atoms with Crippen LogP contribution in [0.3, 0.4) is 0 Å². The van der Waals surface area contributed by atoms with E-state index in [-0.39, 0.29) is 12.3 Å². The number of thioether (sulfide) groups is 1. The second-order valence-electron chi connectivity index (χ2n) is 4.15. The smallest absolute Gasteiger partial charge is 0.313 e. The predicted molar refractivity (Wildman–Crippen MR) is 75.6 cm³/mol. The van der Waals surface area contributed by atoms with Crippen LogP contribution in [0.25, 0.3) is 11.0 Å². The molecule has 2 aromatic rings. The molecule has 0 saturated heterocycles. The number of fused-ring (bicyclic) bond motifs is 1. The van der Waals surface area contributed by atoms with Crippen LogP contribution in [0, 0.1) is 5.82 Å². The zero-order valence-electron chi connectivity index (χ0n) is 10.9. The monoisotopic (exact) mass is 312 g/mol. The van der Waals surface area contributed by atoms with Gasteiger partial charge in [-0.15, -0.1) is 0 Å². The Kier molecular flexibility index (Phi) is 4.63. The van der Waals surface area contributed by atoms with Gasteiger partial charge in [-0.05, 0) is 12.1 Å². The summed E-state index contributed by atoms with van der Waals surface area (Å²) in [6, 6.07) is 3.49. The summed E-state index contributed by atoms with van der Waals surface area (Å²) in [5.74, 6) is -1.55. The summed E-state index contributed by atoms with van der Waals surface area (Å²) in [6.45, 7) is 0.617. The number of nitrogens with one attached hydrogen (secondary N) is 1. The van der Waals surface area contributed by atoms with Crippen molar-refractivity contribution in [3.8, 4) is 0 Å². The molecule has 1 aromatic heterocycles. The fraction of sp³-hybridized carbons (Fsp3) is 0.250. The third kappa shape index (κ3) is 3.85. The summed E-state index contributed by atoms with van der Waals surface area (Å²) in [6.07, 6.45) is 0. The number of aliphatic carboxylic acids is 1. The molecule has 21 heavy (non-hydrogen) atoms. The van der Waals surface area contributed by atoms with Crippen LogP contribution in [0.2, 0.25) is 0 Å². The quantitative estimate of drug-likeness (QED) is 0.690. The fourth-order valence-corrected chi connectivity index (χ4v) is 2.59. The van der Waals surface area contributed by atoms with E-state index in [1.807, 2.05) is 0 Å². The maximum atomic E-state index is 13.2. The number of aromatic nitrogens is 2. The minimum atomic E-state index is -0.972. The number of primary amides is 1. The van der Waals surface area contributed by atoms with Crippen molar-refractivity contribution in [2.75, 3.05) is 12.3 Å². The molecule has 2 amide bonds. The van der Waals surface area contributed by atoms with Gasteiger partial charge in [0.25, 0.3) is 0 Å². The van der Waals surface area contributed by atoms with Crippen LogP contribution in [0.4, 0.5) is 9.18 Å². The number of hydrogen-bond donors (Lipinski definition) is 3. The van der Waals surface area contributed by atoms with Crippen LogP contribution in [-0.2, 0) is 11.3 Å². The van der Waals surface area contributed by atoms with E-state index < -0.39 is 17.8 Å². The summed E-state index contributed by atoms with van der Waals surface area (Å²) < 4.78 is 14.9. The lowest BCUT2D eigenvalue weighted by Gasteiger charge is -2.08. The van der Waals surface area contributed by atoms with E-state index in [1.54, 1.807) is 10.6 Å². The predicted octanol–water partition coefficient (Wildman–Crippen LogP) is 1.02. The first-order valence-corrected chi connectivity index (χ1v) is 6.99. The van der Waals surface area contributed by atoms with E-state index in [2.05, 4.69) is 10.3 Å². The van der Waals surface area contributed by atoms with Gasteiger partial charge in [0.05, 0.1) is 16.8 Å². The number of carbonyl (C=O) groups is 2. The average Bonchev–Trinajstić information content (AvgIpc) is 2.73. The third-order valence-electron chi connectivity index (χ3n) is 2.63. The van der Waals surface area contributed by atoms with Crippen molar-refractivity contribution < 1.29 is 19.1 Å². The molecule has 0 saturated carbocycles. The number of halogens is 1. The number of amides is 2. The Labute approximate surface area is 123 Å². The molecule has 0 spiro atoms. The number of urea groups is 1. The zero-order valence-corrected chi connectivity index (χ0v) is 11.7. The highest BCUT2D eigenvalue weighted by Gasteiger charge is 2.13. The van der Waals surface area contributed by atoms with Gasteiger partial charge in [0.15, 0.2) is 5.16 Å². The number of nitrogens with two attached hydrogens (primary N) is 1. The van der Waals surface area contributed by atoms with Gasteiger partial charge < -0.3 is 20.7 Å². The van der Waals surface area contributed by atoms with Crippen LogP contribution >= 0.6 is 11.8 Å². The molecule has 4 N–H and O–H groups in total. The molecule has 1 aromatic carbocycles. The van der Waals surface area contributed by atoms with Crippen LogP contribution in [0.15, 0.2) is 23.4 Å². The molecule has 1 heterocycles. The highest BCUT2D eigenvalue weighted by Crippen LogP contribution is 2.24. The van der Waals surface area contributed by atoms with Gasteiger partial charge in [0.1, 0.15) is 5.82 Å². The van der Waals surface area contributed by atoms with Crippen molar-refractivity contribution in [2.24, 2.45) is 5.73 Å². The van der Waals surface area contributed by atoms with Crippen LogP contribution < -0.4 is 11.1 Å². The second-order valence-corrected chi connectivity index (χ2v) is 5.09. The third-order valence-corrected chi connectivity index (χ3v) is 3.60. The first-order valence-electron chi connectivity index (χ1n) is 6.01. The summed E-state index contributed by atoms with van der Waals surface area (Å²) >= 11 is 1.03. The number of hydrogen-bond acceptors (Lipinski definition) is 4. The van der Waals surface area contributed by atoms with Crippen molar-refractivity contribution >= 4 is 34.8 Å². The Hall–Kier alpha value is -2.29. The SMILES string of the molecule is NC(=O)NCCn1c(SCC(=O)O)nc2cc(F)ccc21. The lowest BCUT2D eigenvalue weighted by atomic mass is 10.3. The summed E-state index contributed by atoms with van der Waals surface area (Å²) in [5, 5.41) is 11.6. The topological polar surface area (TPSA) is 110 Å². The lowest BCUT2D eigenvalue weighted by Crippen LogP contribution is -2.32. The Morgan fingerprint density at radius 3 is 2.90 bits per heavy atom. The molecule has 0 unspecified atom stereocenters. The molecule has 0 aliphatic rings. The van der Waals surface area contributed by atoms with Gasteiger partial charge in [0, 0.05) is 19.2 Å². The van der Waals surface area contributed by atoms with Crippen LogP contribution in [0.1, 0.15) is 0 Å². The molecule has 0 radical (unpaired) electrons. The van der Waals surface area contributed by atoms with Crippen LogP contribution in [0.5, 0.6) is 0 Å². The first kappa shape index (κ1) is 15.1. The van der Waals surface area contributed by atoms with Crippen LogP contribution in [-0.4, -0.2) is 39.0 Å². The number of rotatable bonds is 6. The molecule has 112 valence electrons. The minimum Gasteiger partial charge on any atom is -0.481 e. The molecule has 2 rings (SSSR count). The number of carboxylic acid groups (broad SMARTS) is 1. The lowest BCUT2D eigenvalue weighted by molar-refractivity contribution is -0.133. The van der Waals surface area contributed by atoms with Gasteiger partial charge in [-0.1, -0.05) is 11.8 Å². The minimum absolute atomic E-state index is 0.158. The number of benzene rings is 1. The van der Waals surface area contributed by atoms with Crippen molar-refractivity contribution in [3.05, 3.63) is 24.0 Å². The Morgan fingerprint density at radius 2 is 2.24 bits per heavy atom. The highest BCUT2D eigenvalue weighted by molar-refractivity contribution is 7.99. The van der Waals surface area contributed by atoms with Gasteiger partial charge in [-0.25, -0.2) is 14.2 Å². The molecule has 7 nitrogen and oxygen atoms in total. The Balaban J connectivity index is 2.29. The summed E-state index contributed by atoms with van der Waals surface area (Å²) in [7, 11) is 0. The standard InChI is InChI=1S/C12H13FN4O3S/c13-7-1-2-9-8(5-7)16-12(21-6-10(18)19)17(9)4-3-15-11(14)20/h1-2,5H,3-4,6H2,(H,18,19)(H3,14,15,20). The summed E-state index contributed by atoms with van der Waals surface area (Å²) in [5.41, 5.74) is 6.09. The number of nitrogens with zero attached hydrogens (tertiary/aromatic N) is 2. The number of carboxylic acids is 1. The van der Waals surface area contributed by atoms with Crippen molar-refractivity contribution in [1.29, 1.82) is 0 Å². The highest BCUT2D eigenvalue weighted by atomic mass is 32.2. The average molecular weight is 312 g/mol. The van der Waals surface area contributed by atoms with E-state index in [4.69, 9.17) is 10.8 Å². The maximum Gasteiger partial charge on any atom is 0.313 e. The van der Waals surface area contributed by atoms with E-state index in [0.717, 1.165) is 11.8 Å². The molecule has 0 aliphatic carbocycles. The first-order chi connectivity index (χ1) is 9.97. The van der Waals surface area contributed by atoms with E-state index in [0.29, 0.717) is 22.7 Å². The van der Waals surface area contributed by atoms with Crippen molar-refractivity contribution in [2.45, 2.75) is 11.7 Å². The van der Waals surface area contributed by atoms with E-state index >= 15 is 0 Å². The molecule has 0 atom stereocenters. The van der Waals surface area contributed by atoms with E-state index in [9.17, 15) is 14.0 Å².